The highest BCUT2D eigenvalue weighted by Crippen LogP contribution is 2.71. The van der Waals surface area contributed by atoms with E-state index in [1.165, 1.54) is 18.1 Å². The zero-order valence-electron chi connectivity index (χ0n) is 11.5. The highest BCUT2D eigenvalue weighted by atomic mass is 32.2. The van der Waals surface area contributed by atoms with Crippen molar-refractivity contribution in [3.05, 3.63) is 6.33 Å². The van der Waals surface area contributed by atoms with Gasteiger partial charge < -0.3 is 15.9 Å². The zero-order chi connectivity index (χ0) is 16.3. The molecule has 2 aliphatic rings. The average Bonchev–Trinajstić information content (AvgIpc) is 2.74. The highest BCUT2D eigenvalue weighted by molar-refractivity contribution is 7.99. The molecule has 0 radical (unpaired) electrons. The van der Waals surface area contributed by atoms with Crippen LogP contribution in [0.2, 0.25) is 0 Å². The summed E-state index contributed by atoms with van der Waals surface area (Å²) in [6.45, 7) is 1.15. The Labute approximate surface area is 128 Å². The summed E-state index contributed by atoms with van der Waals surface area (Å²) in [5.74, 6) is -4.81. The van der Waals surface area contributed by atoms with Gasteiger partial charge in [0.05, 0.1) is 11.5 Å². The fraction of sp³-hybridized carbons (Fsp3) is 0.583. The van der Waals surface area contributed by atoms with Gasteiger partial charge in [-0.3, -0.25) is 19.5 Å². The third kappa shape index (κ3) is 1.61. The predicted octanol–water partition coefficient (Wildman–Crippen LogP) is -0.643. The lowest BCUT2D eigenvalue weighted by Crippen LogP contribution is -2.55. The summed E-state index contributed by atoms with van der Waals surface area (Å²) in [4.78, 5) is 39.2. The van der Waals surface area contributed by atoms with E-state index in [4.69, 9.17) is 5.73 Å². The fourth-order valence-electron chi connectivity index (χ4n) is 3.85. The first-order valence-electron chi connectivity index (χ1n) is 6.55. The summed E-state index contributed by atoms with van der Waals surface area (Å²) in [5, 5.41) is 25.3. The van der Waals surface area contributed by atoms with Crippen LogP contribution in [0.5, 0.6) is 0 Å². The normalized spacial score (nSPS) is 39.3. The van der Waals surface area contributed by atoms with Crippen LogP contribution in [0, 0.1) is 17.3 Å². The number of nitrogens with one attached hydrogen (secondary N) is 1. The number of thioether (sulfide) groups is 1. The molecule has 1 heterocycles. The van der Waals surface area contributed by atoms with Gasteiger partial charge in [0.2, 0.25) is 0 Å². The molecule has 0 amide bonds. The molecule has 0 spiro atoms. The smallest absolute Gasteiger partial charge is 0.319 e. The van der Waals surface area contributed by atoms with Crippen molar-refractivity contribution in [3.63, 3.8) is 0 Å². The van der Waals surface area contributed by atoms with Crippen LogP contribution in [0.3, 0.4) is 0 Å². The van der Waals surface area contributed by atoms with Crippen molar-refractivity contribution in [2.75, 3.05) is 0 Å². The topological polar surface area (TPSA) is 159 Å². The average molecular weight is 326 g/mol. The molecule has 0 aliphatic heterocycles. The Morgan fingerprint density at radius 2 is 2.14 bits per heavy atom. The minimum atomic E-state index is -1.88. The molecule has 9 nitrogen and oxygen atoms in total. The lowest BCUT2D eigenvalue weighted by molar-refractivity contribution is -0.157. The summed E-state index contributed by atoms with van der Waals surface area (Å²) in [6.07, 6.45) is 1.28. The summed E-state index contributed by atoms with van der Waals surface area (Å²) in [5.41, 5.74) is 2.72. The molecule has 22 heavy (non-hydrogen) atoms. The Kier molecular flexibility index (Phi) is 3.08. The Balaban J connectivity index is 2.02. The van der Waals surface area contributed by atoms with Gasteiger partial charge in [0.1, 0.15) is 17.5 Å². The third-order valence-electron chi connectivity index (χ3n) is 4.85. The molecule has 118 valence electrons. The van der Waals surface area contributed by atoms with Gasteiger partial charge in [0, 0.05) is 11.2 Å². The Bertz CT molecular complexity index is 648. The molecule has 2 saturated carbocycles. The number of rotatable bonds is 5. The molecular formula is C12H14N4O5S. The summed E-state index contributed by atoms with van der Waals surface area (Å²) >= 11 is 1.18. The number of nitrogens with zero attached hydrogens (tertiary/aromatic N) is 2. The van der Waals surface area contributed by atoms with Crippen molar-refractivity contribution >= 4 is 29.5 Å². The fourth-order valence-corrected chi connectivity index (χ4v) is 5.21. The quantitative estimate of drug-likeness (QED) is 0.516. The number of carbonyl (C=O) groups excluding carboxylic acids is 1. The van der Waals surface area contributed by atoms with Crippen molar-refractivity contribution in [1.29, 1.82) is 0 Å². The molecule has 1 aromatic rings. The molecule has 5 unspecified atom stereocenters. The number of aliphatic carboxylic acids is 2. The van der Waals surface area contributed by atoms with E-state index in [2.05, 4.69) is 15.2 Å². The van der Waals surface area contributed by atoms with Crippen LogP contribution in [-0.4, -0.2) is 53.9 Å². The molecule has 3 rings (SSSR count). The van der Waals surface area contributed by atoms with Gasteiger partial charge in [-0.1, -0.05) is 11.8 Å². The summed E-state index contributed by atoms with van der Waals surface area (Å²) in [6, 6.07) is 0. The SMILES string of the molecule is CC(=O)C1(C(=O)O)CC(Sc2ncn[nH]2)C2C(C(=O)O)C21N. The van der Waals surface area contributed by atoms with Crippen molar-refractivity contribution in [2.45, 2.75) is 29.3 Å². The van der Waals surface area contributed by atoms with Crippen molar-refractivity contribution < 1.29 is 24.6 Å². The lowest BCUT2D eigenvalue weighted by Gasteiger charge is -2.31. The number of fused-ring (bicyclic) bond motifs is 1. The van der Waals surface area contributed by atoms with E-state index in [9.17, 15) is 24.6 Å². The van der Waals surface area contributed by atoms with Crippen LogP contribution in [0.4, 0.5) is 0 Å². The number of nitrogens with two attached hydrogens (primary N) is 1. The van der Waals surface area contributed by atoms with Gasteiger partial charge >= 0.3 is 11.9 Å². The van der Waals surface area contributed by atoms with E-state index < -0.39 is 45.8 Å². The van der Waals surface area contributed by atoms with E-state index in [0.717, 1.165) is 6.92 Å². The van der Waals surface area contributed by atoms with Crippen LogP contribution in [0.15, 0.2) is 11.5 Å². The van der Waals surface area contributed by atoms with Gasteiger partial charge in [-0.15, -0.1) is 0 Å². The molecule has 1 aromatic heterocycles. The predicted molar refractivity (Wildman–Crippen MR) is 72.9 cm³/mol. The van der Waals surface area contributed by atoms with Crippen LogP contribution < -0.4 is 5.73 Å². The number of aromatic amines is 1. The van der Waals surface area contributed by atoms with E-state index in [-0.39, 0.29) is 6.42 Å². The molecule has 5 atom stereocenters. The molecular weight excluding hydrogens is 312 g/mol. The number of hydrogen-bond donors (Lipinski definition) is 4. The van der Waals surface area contributed by atoms with Gasteiger partial charge in [0.15, 0.2) is 5.16 Å². The maximum absolute atomic E-state index is 12.1. The molecule has 10 heteroatoms. The standard InChI is InChI=1S/C12H14N4O5S/c1-4(17)11(9(20)21)2-5(22-10-14-3-15-16-10)6-7(8(18)19)12(6,11)13/h3,5-7H,2,13H2,1H3,(H,18,19)(H,20,21)(H,14,15,16). The van der Waals surface area contributed by atoms with E-state index in [0.29, 0.717) is 5.16 Å². The second kappa shape index (κ2) is 4.53. The second-order valence-corrected chi connectivity index (χ2v) is 6.92. The Hall–Kier alpha value is -1.94. The van der Waals surface area contributed by atoms with Gasteiger partial charge in [-0.2, -0.15) is 5.10 Å². The molecule has 0 aromatic carbocycles. The zero-order valence-corrected chi connectivity index (χ0v) is 12.3. The first-order valence-corrected chi connectivity index (χ1v) is 7.43. The molecule has 2 aliphatic carbocycles. The highest BCUT2D eigenvalue weighted by Gasteiger charge is 2.85. The van der Waals surface area contributed by atoms with Crippen molar-refractivity contribution in [3.8, 4) is 0 Å². The third-order valence-corrected chi connectivity index (χ3v) is 6.03. The monoisotopic (exact) mass is 326 g/mol. The molecule has 0 bridgehead atoms. The minimum Gasteiger partial charge on any atom is -0.481 e. The largest absolute Gasteiger partial charge is 0.481 e. The van der Waals surface area contributed by atoms with E-state index in [1.807, 2.05) is 0 Å². The van der Waals surface area contributed by atoms with Crippen LogP contribution in [-0.2, 0) is 14.4 Å². The number of Topliss-reactive ketones (excluding diaryl/α,β-unsaturated/α-hetero) is 1. The molecule has 2 fully saturated rings. The summed E-state index contributed by atoms with van der Waals surface area (Å²) in [7, 11) is 0. The molecule has 5 N–H and O–H groups in total. The van der Waals surface area contributed by atoms with Crippen molar-refractivity contribution in [2.24, 2.45) is 23.0 Å². The number of carboxylic acid groups (broad SMARTS) is 2. The first kappa shape index (κ1) is 15.0. The Morgan fingerprint density at radius 1 is 1.45 bits per heavy atom. The maximum Gasteiger partial charge on any atom is 0.319 e. The number of aromatic nitrogens is 3. The molecule has 0 saturated heterocycles. The van der Waals surface area contributed by atoms with Crippen LogP contribution in [0.1, 0.15) is 13.3 Å². The van der Waals surface area contributed by atoms with Crippen LogP contribution in [0.25, 0.3) is 0 Å². The van der Waals surface area contributed by atoms with Crippen molar-refractivity contribution in [1.82, 2.24) is 15.2 Å². The van der Waals surface area contributed by atoms with Gasteiger partial charge in [-0.25, -0.2) is 4.98 Å². The number of carbonyl (C=O) groups is 3. The lowest BCUT2D eigenvalue weighted by atomic mass is 9.73. The number of H-pyrrole nitrogens is 1. The number of carboxylic acids is 2. The second-order valence-electron chi connectivity index (χ2n) is 5.69. The minimum absolute atomic E-state index is 0.0199. The number of hydrogen-bond acceptors (Lipinski definition) is 7. The Morgan fingerprint density at radius 3 is 2.59 bits per heavy atom. The summed E-state index contributed by atoms with van der Waals surface area (Å²) < 4.78 is 0. The van der Waals surface area contributed by atoms with E-state index >= 15 is 0 Å². The van der Waals surface area contributed by atoms with Crippen LogP contribution >= 0.6 is 11.8 Å². The maximum atomic E-state index is 12.1. The van der Waals surface area contributed by atoms with E-state index in [1.54, 1.807) is 0 Å². The first-order chi connectivity index (χ1) is 10.3. The van der Waals surface area contributed by atoms with Gasteiger partial charge in [0.25, 0.3) is 0 Å². The van der Waals surface area contributed by atoms with Gasteiger partial charge in [-0.05, 0) is 13.3 Å². The number of ketones is 1.